The number of hydrogen-bond donors (Lipinski definition) is 1. The van der Waals surface area contributed by atoms with E-state index in [-0.39, 0.29) is 22.2 Å². The van der Waals surface area contributed by atoms with E-state index in [0.29, 0.717) is 3.70 Å². The zero-order chi connectivity index (χ0) is 10.7. The molecule has 0 radical (unpaired) electrons. The van der Waals surface area contributed by atoms with Crippen molar-refractivity contribution in [2.24, 2.45) is 0 Å². The molecule has 0 aromatic carbocycles. The summed E-state index contributed by atoms with van der Waals surface area (Å²) >= 11 is 5.02. The molecule has 0 saturated carbocycles. The second-order valence-corrected chi connectivity index (χ2v) is 4.22. The lowest BCUT2D eigenvalue weighted by atomic mass is 10.1. The SMILES string of the molecule is OCc1cc(I)nc(CBr)c1C(F)F. The Labute approximate surface area is 102 Å². The molecule has 1 N–H and O–H groups in total. The Morgan fingerprint density at radius 1 is 1.57 bits per heavy atom. The molecule has 2 nitrogen and oxygen atoms in total. The number of nitrogens with zero attached hydrogens (tertiary/aromatic N) is 1. The summed E-state index contributed by atoms with van der Waals surface area (Å²) in [5, 5.41) is 9.19. The van der Waals surface area contributed by atoms with Crippen LogP contribution < -0.4 is 0 Å². The fourth-order valence-corrected chi connectivity index (χ4v) is 2.22. The van der Waals surface area contributed by atoms with Gasteiger partial charge < -0.3 is 5.11 Å². The van der Waals surface area contributed by atoms with Crippen molar-refractivity contribution in [1.29, 1.82) is 0 Å². The average molecular weight is 378 g/mol. The van der Waals surface area contributed by atoms with Crippen LogP contribution >= 0.6 is 38.5 Å². The van der Waals surface area contributed by atoms with Crippen LogP contribution in [0.3, 0.4) is 0 Å². The van der Waals surface area contributed by atoms with Crippen LogP contribution in [0.2, 0.25) is 0 Å². The van der Waals surface area contributed by atoms with Crippen molar-refractivity contribution in [3.05, 3.63) is 26.6 Å². The molecule has 6 heteroatoms. The molecule has 0 atom stereocenters. The molecular formula is C8H7BrF2INO. The minimum atomic E-state index is -2.60. The number of aliphatic hydroxyl groups is 1. The fourth-order valence-electron chi connectivity index (χ4n) is 1.13. The second-order valence-electron chi connectivity index (χ2n) is 2.56. The van der Waals surface area contributed by atoms with Gasteiger partial charge in [-0.05, 0) is 34.2 Å². The van der Waals surface area contributed by atoms with E-state index >= 15 is 0 Å². The van der Waals surface area contributed by atoms with Gasteiger partial charge in [0.15, 0.2) is 0 Å². The highest BCUT2D eigenvalue weighted by molar-refractivity contribution is 14.1. The van der Waals surface area contributed by atoms with E-state index in [9.17, 15) is 8.78 Å². The highest BCUT2D eigenvalue weighted by Crippen LogP contribution is 2.28. The van der Waals surface area contributed by atoms with Gasteiger partial charge in [0.25, 0.3) is 6.43 Å². The fraction of sp³-hybridized carbons (Fsp3) is 0.375. The molecule has 1 aromatic heterocycles. The Hall–Kier alpha value is 0.180. The summed E-state index contributed by atoms with van der Waals surface area (Å²) in [7, 11) is 0. The Morgan fingerprint density at radius 2 is 2.21 bits per heavy atom. The van der Waals surface area contributed by atoms with Crippen molar-refractivity contribution in [2.75, 3.05) is 0 Å². The minimum Gasteiger partial charge on any atom is -0.392 e. The highest BCUT2D eigenvalue weighted by atomic mass is 127. The lowest BCUT2D eigenvalue weighted by Gasteiger charge is -2.10. The van der Waals surface area contributed by atoms with Gasteiger partial charge in [-0.15, -0.1) is 0 Å². The minimum absolute atomic E-state index is 0.162. The summed E-state index contributed by atoms with van der Waals surface area (Å²) in [5.74, 6) is 0. The molecule has 1 heterocycles. The van der Waals surface area contributed by atoms with Gasteiger partial charge in [0.1, 0.15) is 3.70 Å². The van der Waals surface area contributed by atoms with Crippen LogP contribution in [-0.2, 0) is 11.9 Å². The molecule has 0 amide bonds. The van der Waals surface area contributed by atoms with Gasteiger partial charge in [0.05, 0.1) is 12.3 Å². The Balaban J connectivity index is 3.33. The van der Waals surface area contributed by atoms with Crippen LogP contribution in [0.4, 0.5) is 8.78 Å². The summed E-state index contributed by atoms with van der Waals surface area (Å²) in [4.78, 5) is 3.97. The number of hydrogen-bond acceptors (Lipinski definition) is 2. The number of rotatable bonds is 3. The smallest absolute Gasteiger partial charge is 0.265 e. The molecule has 0 aliphatic heterocycles. The van der Waals surface area contributed by atoms with Crippen LogP contribution in [0.1, 0.15) is 23.2 Å². The molecule has 0 saturated heterocycles. The molecule has 0 spiro atoms. The van der Waals surface area contributed by atoms with Crippen LogP contribution in [0, 0.1) is 3.70 Å². The maximum absolute atomic E-state index is 12.6. The number of aliphatic hydroxyl groups excluding tert-OH is 1. The number of aromatic nitrogens is 1. The van der Waals surface area contributed by atoms with Crippen molar-refractivity contribution in [2.45, 2.75) is 18.4 Å². The number of pyridine rings is 1. The third-order valence-electron chi connectivity index (χ3n) is 1.71. The predicted octanol–water partition coefficient (Wildman–Crippen LogP) is 3.01. The first kappa shape index (κ1) is 12.3. The number of halogens is 4. The van der Waals surface area contributed by atoms with Crippen molar-refractivity contribution in [1.82, 2.24) is 4.98 Å². The van der Waals surface area contributed by atoms with Gasteiger partial charge in [0, 0.05) is 10.9 Å². The molecule has 0 bridgehead atoms. The Bertz CT molecular complexity index is 310. The quantitative estimate of drug-likeness (QED) is 0.499. The average Bonchev–Trinajstić information content (AvgIpc) is 2.15. The third-order valence-corrected chi connectivity index (χ3v) is 2.79. The monoisotopic (exact) mass is 377 g/mol. The van der Waals surface area contributed by atoms with E-state index in [4.69, 9.17) is 5.11 Å². The standard InChI is InChI=1S/C8H7BrF2INO/c9-2-5-7(8(10)11)4(3-14)1-6(12)13-5/h1,8,14H,2-3H2. The largest absolute Gasteiger partial charge is 0.392 e. The zero-order valence-electron chi connectivity index (χ0n) is 6.98. The van der Waals surface area contributed by atoms with Gasteiger partial charge in [-0.2, -0.15) is 0 Å². The topological polar surface area (TPSA) is 33.1 Å². The normalized spacial score (nSPS) is 11.0. The van der Waals surface area contributed by atoms with E-state index in [1.807, 2.05) is 22.6 Å². The van der Waals surface area contributed by atoms with Gasteiger partial charge in [0.2, 0.25) is 0 Å². The van der Waals surface area contributed by atoms with Crippen molar-refractivity contribution < 1.29 is 13.9 Å². The van der Waals surface area contributed by atoms with Gasteiger partial charge in [-0.3, -0.25) is 0 Å². The summed E-state index contributed by atoms with van der Waals surface area (Å²) < 4.78 is 25.8. The molecular weight excluding hydrogens is 371 g/mol. The van der Waals surface area contributed by atoms with Crippen LogP contribution in [0.15, 0.2) is 6.07 Å². The summed E-state index contributed by atoms with van der Waals surface area (Å²) in [6, 6.07) is 1.47. The van der Waals surface area contributed by atoms with Crippen LogP contribution in [0.25, 0.3) is 0 Å². The molecule has 0 unspecified atom stereocenters. The van der Waals surface area contributed by atoms with Crippen LogP contribution in [0.5, 0.6) is 0 Å². The van der Waals surface area contributed by atoms with Crippen molar-refractivity contribution in [3.63, 3.8) is 0 Å². The van der Waals surface area contributed by atoms with Gasteiger partial charge in [-0.1, -0.05) is 15.9 Å². The van der Waals surface area contributed by atoms with Gasteiger partial charge >= 0.3 is 0 Å². The zero-order valence-corrected chi connectivity index (χ0v) is 10.7. The van der Waals surface area contributed by atoms with E-state index in [1.165, 1.54) is 6.07 Å². The lowest BCUT2D eigenvalue weighted by molar-refractivity contribution is 0.145. The van der Waals surface area contributed by atoms with Crippen molar-refractivity contribution >= 4 is 38.5 Å². The maximum atomic E-state index is 12.6. The first-order chi connectivity index (χ1) is 6.60. The lowest BCUT2D eigenvalue weighted by Crippen LogP contribution is -2.04. The highest BCUT2D eigenvalue weighted by Gasteiger charge is 2.18. The second kappa shape index (κ2) is 5.32. The van der Waals surface area contributed by atoms with Crippen LogP contribution in [-0.4, -0.2) is 10.1 Å². The first-order valence-electron chi connectivity index (χ1n) is 3.73. The molecule has 14 heavy (non-hydrogen) atoms. The molecule has 0 aliphatic carbocycles. The summed E-state index contributed by atoms with van der Waals surface area (Å²) in [6.45, 7) is -0.391. The third kappa shape index (κ3) is 2.60. The summed E-state index contributed by atoms with van der Waals surface area (Å²) in [6.07, 6.45) is -2.60. The molecule has 1 aromatic rings. The molecule has 1 rings (SSSR count). The van der Waals surface area contributed by atoms with E-state index in [1.54, 1.807) is 0 Å². The predicted molar refractivity (Wildman–Crippen MR) is 60.5 cm³/mol. The van der Waals surface area contributed by atoms with Gasteiger partial charge in [-0.25, -0.2) is 13.8 Å². The first-order valence-corrected chi connectivity index (χ1v) is 5.93. The Morgan fingerprint density at radius 3 is 2.64 bits per heavy atom. The Kier molecular flexibility index (Phi) is 4.65. The van der Waals surface area contributed by atoms with E-state index in [0.717, 1.165) is 0 Å². The molecule has 0 aliphatic rings. The number of alkyl halides is 3. The molecule has 78 valence electrons. The summed E-state index contributed by atoms with van der Waals surface area (Å²) in [5.41, 5.74) is 0.370. The molecule has 0 fully saturated rings. The van der Waals surface area contributed by atoms with E-state index < -0.39 is 13.0 Å². The van der Waals surface area contributed by atoms with Crippen molar-refractivity contribution in [3.8, 4) is 0 Å². The van der Waals surface area contributed by atoms with E-state index in [2.05, 4.69) is 20.9 Å². The maximum Gasteiger partial charge on any atom is 0.265 e.